The summed E-state index contributed by atoms with van der Waals surface area (Å²) in [5, 5.41) is 1.23. The molecule has 3 nitrogen and oxygen atoms in total. The highest BCUT2D eigenvalue weighted by molar-refractivity contribution is 5.79. The number of nitrogens with one attached hydrogen (secondary N) is 1. The summed E-state index contributed by atoms with van der Waals surface area (Å²) in [6, 6.07) is 10.5. The second-order valence-electron chi connectivity index (χ2n) is 4.70. The topological polar surface area (TPSA) is 55.0 Å². The summed E-state index contributed by atoms with van der Waals surface area (Å²) in [5.74, 6) is 0.904. The Kier molecular flexibility index (Phi) is 2.68. The molecular weight excluding hydrogens is 224 g/mol. The van der Waals surface area contributed by atoms with E-state index in [1.165, 1.54) is 10.9 Å². The lowest BCUT2D eigenvalue weighted by molar-refractivity contribution is 0.528. The molecule has 3 heteroatoms. The van der Waals surface area contributed by atoms with Crippen LogP contribution in [0.5, 0.6) is 0 Å². The Morgan fingerprint density at radius 1 is 1.28 bits per heavy atom. The van der Waals surface area contributed by atoms with E-state index in [1.807, 2.05) is 19.2 Å². The van der Waals surface area contributed by atoms with E-state index in [2.05, 4.69) is 29.2 Å². The number of benzene rings is 1. The first-order chi connectivity index (χ1) is 8.72. The van der Waals surface area contributed by atoms with Crippen LogP contribution >= 0.6 is 0 Å². The Balaban J connectivity index is 1.83. The zero-order valence-corrected chi connectivity index (χ0v) is 10.3. The highest BCUT2D eigenvalue weighted by Gasteiger charge is 2.10. The van der Waals surface area contributed by atoms with Crippen molar-refractivity contribution in [3.8, 4) is 0 Å². The van der Waals surface area contributed by atoms with Crippen molar-refractivity contribution < 1.29 is 4.42 Å². The van der Waals surface area contributed by atoms with Crippen LogP contribution in [0, 0.1) is 6.92 Å². The van der Waals surface area contributed by atoms with Gasteiger partial charge in [0.05, 0.1) is 6.26 Å². The molecule has 0 bridgehead atoms. The number of hydrogen-bond acceptors (Lipinski definition) is 2. The highest BCUT2D eigenvalue weighted by atomic mass is 16.3. The van der Waals surface area contributed by atoms with Gasteiger partial charge in [-0.15, -0.1) is 0 Å². The number of furan rings is 1. The smallest absolute Gasteiger partial charge is 0.101 e. The van der Waals surface area contributed by atoms with Crippen molar-refractivity contribution in [2.24, 2.45) is 5.73 Å². The van der Waals surface area contributed by atoms with E-state index in [0.717, 1.165) is 23.3 Å². The van der Waals surface area contributed by atoms with Gasteiger partial charge in [-0.2, -0.15) is 0 Å². The standard InChI is InChI=1S/C15H16N2O/c1-10-6-13(9-18-10)14(16)8-11-2-3-15-12(7-11)4-5-17-15/h2-7,9,14,17H,8,16H2,1H3. The lowest BCUT2D eigenvalue weighted by Crippen LogP contribution is -2.12. The van der Waals surface area contributed by atoms with Crippen molar-refractivity contribution >= 4 is 10.9 Å². The van der Waals surface area contributed by atoms with Crippen LogP contribution in [-0.2, 0) is 6.42 Å². The van der Waals surface area contributed by atoms with Gasteiger partial charge in [-0.05, 0) is 48.6 Å². The molecule has 0 saturated heterocycles. The van der Waals surface area contributed by atoms with Gasteiger partial charge in [0.15, 0.2) is 0 Å². The van der Waals surface area contributed by atoms with E-state index >= 15 is 0 Å². The van der Waals surface area contributed by atoms with Crippen molar-refractivity contribution in [2.75, 3.05) is 0 Å². The van der Waals surface area contributed by atoms with Gasteiger partial charge in [0.2, 0.25) is 0 Å². The Hall–Kier alpha value is -2.00. The third-order valence-corrected chi connectivity index (χ3v) is 3.25. The van der Waals surface area contributed by atoms with Gasteiger partial charge >= 0.3 is 0 Å². The largest absolute Gasteiger partial charge is 0.469 e. The molecule has 1 atom stereocenters. The zero-order chi connectivity index (χ0) is 12.5. The van der Waals surface area contributed by atoms with Gasteiger partial charge < -0.3 is 15.1 Å². The third-order valence-electron chi connectivity index (χ3n) is 3.25. The lowest BCUT2D eigenvalue weighted by Gasteiger charge is -2.09. The zero-order valence-electron chi connectivity index (χ0n) is 10.3. The molecule has 3 N–H and O–H groups in total. The molecule has 0 saturated carbocycles. The van der Waals surface area contributed by atoms with Gasteiger partial charge in [-0.25, -0.2) is 0 Å². The fourth-order valence-electron chi connectivity index (χ4n) is 2.26. The third kappa shape index (κ3) is 2.05. The molecule has 1 unspecified atom stereocenters. The molecule has 18 heavy (non-hydrogen) atoms. The first kappa shape index (κ1) is 11.1. The lowest BCUT2D eigenvalue weighted by atomic mass is 10.0. The molecule has 3 aromatic rings. The average molecular weight is 240 g/mol. The van der Waals surface area contributed by atoms with Crippen molar-refractivity contribution in [1.29, 1.82) is 0 Å². The number of H-pyrrole nitrogens is 1. The maximum atomic E-state index is 6.19. The second kappa shape index (κ2) is 4.35. The molecule has 0 aliphatic carbocycles. The summed E-state index contributed by atoms with van der Waals surface area (Å²) >= 11 is 0. The fourth-order valence-corrected chi connectivity index (χ4v) is 2.26. The summed E-state index contributed by atoms with van der Waals surface area (Å²) in [6.07, 6.45) is 4.52. The SMILES string of the molecule is Cc1cc(C(N)Cc2ccc3[nH]ccc3c2)co1. The quantitative estimate of drug-likeness (QED) is 0.738. The summed E-state index contributed by atoms with van der Waals surface area (Å²) < 4.78 is 5.30. The Morgan fingerprint density at radius 2 is 2.17 bits per heavy atom. The molecule has 2 heterocycles. The predicted molar refractivity (Wildman–Crippen MR) is 72.4 cm³/mol. The molecule has 0 amide bonds. The molecule has 0 aliphatic rings. The van der Waals surface area contributed by atoms with E-state index in [0.29, 0.717) is 0 Å². The Labute approximate surface area is 106 Å². The van der Waals surface area contributed by atoms with Crippen LogP contribution in [0.2, 0.25) is 0 Å². The van der Waals surface area contributed by atoms with Crippen LogP contribution in [0.3, 0.4) is 0 Å². The highest BCUT2D eigenvalue weighted by Crippen LogP contribution is 2.21. The van der Waals surface area contributed by atoms with E-state index < -0.39 is 0 Å². The molecule has 1 aromatic carbocycles. The van der Waals surface area contributed by atoms with Crippen molar-refractivity contribution in [3.05, 3.63) is 59.7 Å². The van der Waals surface area contributed by atoms with Gasteiger partial charge in [0, 0.05) is 23.3 Å². The van der Waals surface area contributed by atoms with Crippen molar-refractivity contribution in [2.45, 2.75) is 19.4 Å². The normalized spacial score (nSPS) is 13.0. The number of aromatic nitrogens is 1. The van der Waals surface area contributed by atoms with Crippen LogP contribution in [0.4, 0.5) is 0 Å². The van der Waals surface area contributed by atoms with Gasteiger partial charge in [0.1, 0.15) is 5.76 Å². The minimum Gasteiger partial charge on any atom is -0.469 e. The van der Waals surface area contributed by atoms with Crippen molar-refractivity contribution in [3.63, 3.8) is 0 Å². The first-order valence-electron chi connectivity index (χ1n) is 6.09. The molecule has 92 valence electrons. The van der Waals surface area contributed by atoms with E-state index in [9.17, 15) is 0 Å². The Bertz CT molecular complexity index is 666. The molecule has 0 radical (unpaired) electrons. The van der Waals surface area contributed by atoms with Crippen LogP contribution in [0.15, 0.2) is 47.2 Å². The molecule has 2 aromatic heterocycles. The summed E-state index contributed by atoms with van der Waals surface area (Å²) in [7, 11) is 0. The summed E-state index contributed by atoms with van der Waals surface area (Å²) in [6.45, 7) is 1.93. The number of hydrogen-bond donors (Lipinski definition) is 2. The summed E-state index contributed by atoms with van der Waals surface area (Å²) in [5.41, 5.74) is 9.65. The minimum atomic E-state index is -0.0150. The minimum absolute atomic E-state index is 0.0150. The maximum absolute atomic E-state index is 6.19. The molecule has 0 spiro atoms. The van der Waals surface area contributed by atoms with Crippen LogP contribution < -0.4 is 5.73 Å². The number of fused-ring (bicyclic) bond motifs is 1. The van der Waals surface area contributed by atoms with Crippen LogP contribution in [-0.4, -0.2) is 4.98 Å². The van der Waals surface area contributed by atoms with Crippen LogP contribution in [0.25, 0.3) is 10.9 Å². The van der Waals surface area contributed by atoms with Gasteiger partial charge in [-0.1, -0.05) is 6.07 Å². The number of rotatable bonds is 3. The van der Waals surface area contributed by atoms with E-state index in [1.54, 1.807) is 6.26 Å². The monoisotopic (exact) mass is 240 g/mol. The Morgan fingerprint density at radius 3 is 2.94 bits per heavy atom. The van der Waals surface area contributed by atoms with E-state index in [-0.39, 0.29) is 6.04 Å². The number of aryl methyl sites for hydroxylation is 1. The predicted octanol–water partition coefficient (Wildman–Crippen LogP) is 3.31. The van der Waals surface area contributed by atoms with Crippen molar-refractivity contribution in [1.82, 2.24) is 4.98 Å². The number of nitrogens with two attached hydrogens (primary N) is 1. The molecule has 0 fully saturated rings. The van der Waals surface area contributed by atoms with Gasteiger partial charge in [-0.3, -0.25) is 0 Å². The maximum Gasteiger partial charge on any atom is 0.101 e. The molecule has 0 aliphatic heterocycles. The molecule has 3 rings (SSSR count). The summed E-state index contributed by atoms with van der Waals surface area (Å²) in [4.78, 5) is 3.19. The molecular formula is C15H16N2O. The van der Waals surface area contributed by atoms with Crippen LogP contribution in [0.1, 0.15) is 22.9 Å². The second-order valence-corrected chi connectivity index (χ2v) is 4.70. The average Bonchev–Trinajstić information content (AvgIpc) is 2.96. The fraction of sp³-hybridized carbons (Fsp3) is 0.200. The number of aromatic amines is 1. The van der Waals surface area contributed by atoms with Gasteiger partial charge in [0.25, 0.3) is 0 Å². The first-order valence-corrected chi connectivity index (χ1v) is 6.09. The van der Waals surface area contributed by atoms with E-state index in [4.69, 9.17) is 10.2 Å².